The molecule has 1 aliphatic carbocycles. The van der Waals surface area contributed by atoms with E-state index in [1.165, 1.54) is 24.3 Å². The minimum Gasteiger partial charge on any atom is -0.379 e. The Labute approximate surface area is 179 Å². The molecule has 0 saturated carbocycles. The maximum Gasteiger partial charge on any atom is 0.216 e. The molecule has 1 aliphatic heterocycles. The van der Waals surface area contributed by atoms with Gasteiger partial charge in [0.25, 0.3) is 0 Å². The largest absolute Gasteiger partial charge is 0.379 e. The highest BCUT2D eigenvalue weighted by molar-refractivity contribution is 7.90. The summed E-state index contributed by atoms with van der Waals surface area (Å²) in [4.78, 5) is 19.6. The Kier molecular flexibility index (Phi) is 4.34. The van der Waals surface area contributed by atoms with E-state index in [0.29, 0.717) is 28.8 Å². The molecular weight excluding hydrogens is 417 g/mol. The van der Waals surface area contributed by atoms with Gasteiger partial charge in [-0.2, -0.15) is 0 Å². The molecule has 0 saturated heterocycles. The lowest BCUT2D eigenvalue weighted by Crippen LogP contribution is -2.43. The predicted molar refractivity (Wildman–Crippen MR) is 114 cm³/mol. The Balaban J connectivity index is 1.65. The van der Waals surface area contributed by atoms with Crippen LogP contribution in [0.3, 0.4) is 0 Å². The molecule has 0 bridgehead atoms. The van der Waals surface area contributed by atoms with Crippen molar-refractivity contribution in [2.45, 2.75) is 22.8 Å². The lowest BCUT2D eigenvalue weighted by Gasteiger charge is -2.28. The molecule has 1 spiro atoms. The smallest absolute Gasteiger partial charge is 0.216 e. The summed E-state index contributed by atoms with van der Waals surface area (Å²) in [5.74, 6) is -1.12. The number of oxime groups is 1. The first-order valence-electron chi connectivity index (χ1n) is 9.74. The predicted octanol–water partition coefficient (Wildman–Crippen LogP) is 3.93. The SMILES string of the molecule is CS(=O)(=O)c1ccc(C2C(c3ccc(F)cc3)=NOC23Cc2ccccc2C3=O)cc1. The summed E-state index contributed by atoms with van der Waals surface area (Å²) >= 11 is 0. The maximum absolute atomic E-state index is 13.5. The number of sulfone groups is 1. The lowest BCUT2D eigenvalue weighted by molar-refractivity contribution is -0.00692. The van der Waals surface area contributed by atoms with Crippen LogP contribution in [0, 0.1) is 5.82 Å². The van der Waals surface area contributed by atoms with E-state index in [4.69, 9.17) is 4.84 Å². The zero-order chi connectivity index (χ0) is 21.8. The van der Waals surface area contributed by atoms with Gasteiger partial charge in [-0.25, -0.2) is 12.8 Å². The van der Waals surface area contributed by atoms with Crippen molar-refractivity contribution in [1.29, 1.82) is 0 Å². The summed E-state index contributed by atoms with van der Waals surface area (Å²) in [6, 6.07) is 19.6. The van der Waals surface area contributed by atoms with E-state index in [1.54, 1.807) is 30.3 Å². The molecule has 0 fully saturated rings. The molecule has 31 heavy (non-hydrogen) atoms. The highest BCUT2D eigenvalue weighted by Gasteiger charge is 2.59. The molecule has 5 rings (SSSR count). The molecule has 2 unspecified atom stereocenters. The van der Waals surface area contributed by atoms with Gasteiger partial charge in [0.1, 0.15) is 5.82 Å². The van der Waals surface area contributed by atoms with E-state index >= 15 is 0 Å². The van der Waals surface area contributed by atoms with Crippen LogP contribution in [-0.2, 0) is 21.1 Å². The van der Waals surface area contributed by atoms with E-state index in [-0.39, 0.29) is 16.5 Å². The Morgan fingerprint density at radius 3 is 2.32 bits per heavy atom. The number of rotatable bonds is 3. The van der Waals surface area contributed by atoms with Crippen LogP contribution in [0.1, 0.15) is 33.0 Å². The number of carbonyl (C=O) groups is 1. The van der Waals surface area contributed by atoms with Gasteiger partial charge < -0.3 is 4.84 Å². The molecular formula is C24H18FNO4S. The minimum atomic E-state index is -3.37. The fourth-order valence-electron chi connectivity index (χ4n) is 4.43. The average Bonchev–Trinajstić information content (AvgIpc) is 3.27. The van der Waals surface area contributed by atoms with Crippen molar-refractivity contribution in [3.8, 4) is 0 Å². The van der Waals surface area contributed by atoms with Crippen LogP contribution in [0.25, 0.3) is 0 Å². The molecule has 2 atom stereocenters. The molecule has 3 aromatic carbocycles. The number of ketones is 1. The van der Waals surface area contributed by atoms with Crippen molar-refractivity contribution < 1.29 is 22.4 Å². The first-order chi connectivity index (χ1) is 14.8. The second-order valence-corrected chi connectivity index (χ2v) is 9.92. The average molecular weight is 435 g/mol. The Hall–Kier alpha value is -3.32. The molecule has 2 aliphatic rings. The zero-order valence-electron chi connectivity index (χ0n) is 16.6. The second-order valence-electron chi connectivity index (χ2n) is 7.90. The first-order valence-corrected chi connectivity index (χ1v) is 11.6. The van der Waals surface area contributed by atoms with Gasteiger partial charge in [0, 0.05) is 23.8 Å². The number of nitrogens with zero attached hydrogens (tertiary/aromatic N) is 1. The summed E-state index contributed by atoms with van der Waals surface area (Å²) in [6.07, 6.45) is 1.49. The number of hydrogen-bond donors (Lipinski definition) is 0. The zero-order valence-corrected chi connectivity index (χ0v) is 17.4. The Bertz CT molecular complexity index is 1330. The van der Waals surface area contributed by atoms with Gasteiger partial charge in [0.2, 0.25) is 11.4 Å². The number of benzene rings is 3. The first kappa shape index (κ1) is 19.6. The van der Waals surface area contributed by atoms with E-state index in [0.717, 1.165) is 11.8 Å². The lowest BCUT2D eigenvalue weighted by atomic mass is 9.75. The number of Topliss-reactive ketones (excluding diaryl/α,β-unsaturated/α-hetero) is 1. The second kappa shape index (κ2) is 6.85. The molecule has 0 amide bonds. The van der Waals surface area contributed by atoms with Crippen LogP contribution in [0.2, 0.25) is 0 Å². The Morgan fingerprint density at radius 2 is 1.68 bits per heavy atom. The molecule has 1 heterocycles. The molecule has 5 nitrogen and oxygen atoms in total. The topological polar surface area (TPSA) is 72.8 Å². The van der Waals surface area contributed by atoms with Crippen molar-refractivity contribution in [3.05, 3.63) is 101 Å². The van der Waals surface area contributed by atoms with Crippen LogP contribution < -0.4 is 0 Å². The highest BCUT2D eigenvalue weighted by atomic mass is 32.2. The van der Waals surface area contributed by atoms with Crippen molar-refractivity contribution in [2.75, 3.05) is 6.26 Å². The van der Waals surface area contributed by atoms with E-state index in [2.05, 4.69) is 5.16 Å². The van der Waals surface area contributed by atoms with Gasteiger partial charge >= 0.3 is 0 Å². The number of fused-ring (bicyclic) bond motifs is 1. The summed E-state index contributed by atoms with van der Waals surface area (Å²) < 4.78 is 37.3. The van der Waals surface area contributed by atoms with Gasteiger partial charge in [-0.15, -0.1) is 0 Å². The highest BCUT2D eigenvalue weighted by Crippen LogP contribution is 2.48. The fraction of sp³-hybridized carbons (Fsp3) is 0.167. The summed E-state index contributed by atoms with van der Waals surface area (Å²) in [7, 11) is -3.37. The fourth-order valence-corrected chi connectivity index (χ4v) is 5.06. The summed E-state index contributed by atoms with van der Waals surface area (Å²) in [6.45, 7) is 0. The van der Waals surface area contributed by atoms with Crippen LogP contribution in [0.15, 0.2) is 82.8 Å². The molecule has 0 aromatic heterocycles. The van der Waals surface area contributed by atoms with Crippen molar-refractivity contribution in [1.82, 2.24) is 0 Å². The van der Waals surface area contributed by atoms with Crippen molar-refractivity contribution in [3.63, 3.8) is 0 Å². The van der Waals surface area contributed by atoms with Crippen LogP contribution in [0.5, 0.6) is 0 Å². The van der Waals surface area contributed by atoms with Gasteiger partial charge in [0.15, 0.2) is 9.84 Å². The third-order valence-corrected chi connectivity index (χ3v) is 7.06. The molecule has 7 heteroatoms. The van der Waals surface area contributed by atoms with E-state index < -0.39 is 21.4 Å². The third kappa shape index (κ3) is 3.08. The number of carbonyl (C=O) groups excluding carboxylic acids is 1. The minimum absolute atomic E-state index is 0.166. The van der Waals surface area contributed by atoms with Gasteiger partial charge in [0.05, 0.1) is 16.5 Å². The molecule has 0 N–H and O–H groups in total. The quantitative estimate of drug-likeness (QED) is 0.625. The van der Waals surface area contributed by atoms with Crippen LogP contribution >= 0.6 is 0 Å². The molecule has 156 valence electrons. The van der Waals surface area contributed by atoms with Crippen LogP contribution in [0.4, 0.5) is 4.39 Å². The van der Waals surface area contributed by atoms with E-state index in [1.807, 2.05) is 18.2 Å². The summed E-state index contributed by atoms with van der Waals surface area (Å²) in [5.41, 5.74) is 2.05. The van der Waals surface area contributed by atoms with E-state index in [9.17, 15) is 17.6 Å². The standard InChI is InChI=1S/C24H18FNO4S/c1-31(28,29)19-12-8-15(9-13-19)21-22(16-6-10-18(25)11-7-16)26-30-24(21)14-17-4-2-3-5-20(17)23(24)27/h2-13,21H,14H2,1H3. The van der Waals surface area contributed by atoms with Crippen LogP contribution in [-0.4, -0.2) is 31.8 Å². The van der Waals surface area contributed by atoms with Crippen molar-refractivity contribution >= 4 is 21.3 Å². The Morgan fingerprint density at radius 1 is 1.00 bits per heavy atom. The monoisotopic (exact) mass is 435 g/mol. The van der Waals surface area contributed by atoms with Gasteiger partial charge in [-0.05, 0) is 35.4 Å². The third-order valence-electron chi connectivity index (χ3n) is 5.93. The van der Waals surface area contributed by atoms with Gasteiger partial charge in [-0.3, -0.25) is 4.79 Å². The molecule has 0 radical (unpaired) electrons. The number of halogens is 1. The molecule has 3 aromatic rings. The maximum atomic E-state index is 13.5. The van der Waals surface area contributed by atoms with Crippen molar-refractivity contribution in [2.24, 2.45) is 5.16 Å². The number of hydrogen-bond acceptors (Lipinski definition) is 5. The normalized spacial score (nSPS) is 22.3. The van der Waals surface area contributed by atoms with Gasteiger partial charge in [-0.1, -0.05) is 53.7 Å². The summed E-state index contributed by atoms with van der Waals surface area (Å²) in [5, 5.41) is 4.29.